The molecule has 0 aliphatic rings. The molecule has 0 unspecified atom stereocenters. The topological polar surface area (TPSA) is 17.6 Å². The summed E-state index contributed by atoms with van der Waals surface area (Å²) in [5.41, 5.74) is 0. The summed E-state index contributed by atoms with van der Waals surface area (Å²) in [7, 11) is 0. The van der Waals surface area contributed by atoms with E-state index in [9.17, 15) is 0 Å². The van der Waals surface area contributed by atoms with Gasteiger partial charge in [0, 0.05) is 0 Å². The SMILES string of the molecule is CCCCCC[n+]1ccn(CCn2cc[n+](CCCCCC)c2)c1. The Morgan fingerprint density at radius 2 is 1.08 bits per heavy atom. The highest BCUT2D eigenvalue weighted by molar-refractivity contribution is 4.70. The van der Waals surface area contributed by atoms with Gasteiger partial charge in [0.2, 0.25) is 12.7 Å². The normalized spacial score (nSPS) is 11.2. The summed E-state index contributed by atoms with van der Waals surface area (Å²) in [6.07, 6.45) is 23.9. The lowest BCUT2D eigenvalue weighted by atomic mass is 10.2. The summed E-state index contributed by atoms with van der Waals surface area (Å²) in [6, 6.07) is 0. The number of hydrogen-bond donors (Lipinski definition) is 0. The largest absolute Gasteiger partial charge is 0.243 e. The van der Waals surface area contributed by atoms with Gasteiger partial charge in [-0.15, -0.1) is 0 Å². The van der Waals surface area contributed by atoms with Crippen molar-refractivity contribution in [3.05, 3.63) is 37.4 Å². The van der Waals surface area contributed by atoms with Gasteiger partial charge < -0.3 is 0 Å². The zero-order valence-electron chi connectivity index (χ0n) is 15.7. The van der Waals surface area contributed by atoms with Gasteiger partial charge in [-0.3, -0.25) is 0 Å². The van der Waals surface area contributed by atoms with Crippen molar-refractivity contribution in [2.75, 3.05) is 0 Å². The monoisotopic (exact) mass is 332 g/mol. The van der Waals surface area contributed by atoms with Gasteiger partial charge in [-0.05, 0) is 25.7 Å². The van der Waals surface area contributed by atoms with Gasteiger partial charge in [0.1, 0.15) is 37.9 Å². The molecule has 2 aromatic heterocycles. The molecule has 0 spiro atoms. The fourth-order valence-electron chi connectivity index (χ4n) is 3.08. The number of aromatic nitrogens is 4. The molecule has 0 bridgehead atoms. The molecule has 0 atom stereocenters. The van der Waals surface area contributed by atoms with E-state index in [0.29, 0.717) is 0 Å². The molecule has 0 amide bonds. The van der Waals surface area contributed by atoms with Crippen LogP contribution in [0.3, 0.4) is 0 Å². The minimum atomic E-state index is 1.03. The number of aryl methyl sites for hydroxylation is 4. The number of unbranched alkanes of at least 4 members (excludes halogenated alkanes) is 6. The Hall–Kier alpha value is -1.58. The Balaban J connectivity index is 1.68. The van der Waals surface area contributed by atoms with Gasteiger partial charge in [-0.2, -0.15) is 0 Å². The minimum absolute atomic E-state index is 1.03. The van der Waals surface area contributed by atoms with Gasteiger partial charge in [-0.1, -0.05) is 39.5 Å². The molecule has 0 aliphatic heterocycles. The summed E-state index contributed by atoms with van der Waals surface area (Å²) in [5.74, 6) is 0. The first-order valence-electron chi connectivity index (χ1n) is 9.91. The van der Waals surface area contributed by atoms with Crippen molar-refractivity contribution in [1.29, 1.82) is 0 Å². The van der Waals surface area contributed by atoms with Crippen molar-refractivity contribution < 1.29 is 9.13 Å². The summed E-state index contributed by atoms with van der Waals surface area (Å²) in [4.78, 5) is 0. The fourth-order valence-corrected chi connectivity index (χ4v) is 3.08. The number of hydrogen-bond acceptors (Lipinski definition) is 0. The van der Waals surface area contributed by atoms with Crippen molar-refractivity contribution >= 4 is 0 Å². The average Bonchev–Trinajstić information content (AvgIpc) is 3.23. The molecule has 4 heteroatoms. The Morgan fingerprint density at radius 3 is 1.50 bits per heavy atom. The number of rotatable bonds is 13. The van der Waals surface area contributed by atoms with Crippen LogP contribution in [0.1, 0.15) is 65.2 Å². The quantitative estimate of drug-likeness (QED) is 0.393. The van der Waals surface area contributed by atoms with Crippen LogP contribution in [-0.2, 0) is 26.2 Å². The fraction of sp³-hybridized carbons (Fsp3) is 0.700. The molecule has 0 saturated carbocycles. The molecule has 4 nitrogen and oxygen atoms in total. The van der Waals surface area contributed by atoms with E-state index >= 15 is 0 Å². The van der Waals surface area contributed by atoms with Crippen molar-refractivity contribution in [2.24, 2.45) is 0 Å². The third-order valence-corrected chi connectivity index (χ3v) is 4.65. The smallest absolute Gasteiger partial charge is 0.237 e. The molecule has 0 aliphatic carbocycles. The first-order chi connectivity index (χ1) is 11.8. The second-order valence-corrected chi connectivity index (χ2v) is 6.90. The van der Waals surface area contributed by atoms with Crippen LogP contribution < -0.4 is 9.13 Å². The zero-order chi connectivity index (χ0) is 17.0. The van der Waals surface area contributed by atoms with E-state index in [4.69, 9.17) is 0 Å². The van der Waals surface area contributed by atoms with E-state index in [1.165, 1.54) is 51.4 Å². The van der Waals surface area contributed by atoms with Crippen LogP contribution in [0.2, 0.25) is 0 Å². The van der Waals surface area contributed by atoms with E-state index in [0.717, 1.165) is 26.2 Å². The molecule has 2 rings (SSSR count). The van der Waals surface area contributed by atoms with E-state index in [1.54, 1.807) is 0 Å². The molecule has 24 heavy (non-hydrogen) atoms. The Bertz CT molecular complexity index is 505. The lowest BCUT2D eigenvalue weighted by Gasteiger charge is -1.97. The highest BCUT2D eigenvalue weighted by atomic mass is 15.2. The van der Waals surface area contributed by atoms with Gasteiger partial charge in [-0.25, -0.2) is 18.3 Å². The van der Waals surface area contributed by atoms with Crippen molar-refractivity contribution in [3.63, 3.8) is 0 Å². The van der Waals surface area contributed by atoms with Crippen LogP contribution in [0.5, 0.6) is 0 Å². The highest BCUT2D eigenvalue weighted by Gasteiger charge is 2.07. The molecule has 0 aromatic carbocycles. The zero-order valence-corrected chi connectivity index (χ0v) is 15.7. The molecule has 0 N–H and O–H groups in total. The first kappa shape index (κ1) is 18.8. The van der Waals surface area contributed by atoms with E-state index < -0.39 is 0 Å². The maximum Gasteiger partial charge on any atom is 0.243 e. The van der Waals surface area contributed by atoms with Crippen LogP contribution in [0, 0.1) is 0 Å². The summed E-state index contributed by atoms with van der Waals surface area (Å²) >= 11 is 0. The highest BCUT2D eigenvalue weighted by Crippen LogP contribution is 2.00. The average molecular weight is 333 g/mol. The standard InChI is InChI=1S/C20H36N4/c1-3-5-7-9-11-21-13-15-23(19-21)17-18-24-16-14-22(20-24)12-10-8-6-4-2/h13-16,19-20H,3-12,17-18H2,1-2H3/q+2. The summed E-state index contributed by atoms with van der Waals surface area (Å²) in [5, 5.41) is 0. The van der Waals surface area contributed by atoms with Gasteiger partial charge in [0.25, 0.3) is 0 Å². The molecule has 2 aromatic rings. The predicted molar refractivity (Wildman–Crippen MR) is 97.5 cm³/mol. The lowest BCUT2D eigenvalue weighted by Crippen LogP contribution is -2.31. The van der Waals surface area contributed by atoms with Gasteiger partial charge in [0.15, 0.2) is 0 Å². The molecule has 2 heterocycles. The third-order valence-electron chi connectivity index (χ3n) is 4.65. The van der Waals surface area contributed by atoms with Crippen molar-refractivity contribution in [3.8, 4) is 0 Å². The van der Waals surface area contributed by atoms with Crippen LogP contribution in [-0.4, -0.2) is 9.13 Å². The van der Waals surface area contributed by atoms with Crippen LogP contribution in [0.25, 0.3) is 0 Å². The lowest BCUT2D eigenvalue weighted by molar-refractivity contribution is -0.697. The third kappa shape index (κ3) is 6.90. The first-order valence-corrected chi connectivity index (χ1v) is 9.91. The van der Waals surface area contributed by atoms with E-state index in [-0.39, 0.29) is 0 Å². The minimum Gasteiger partial charge on any atom is -0.237 e. The van der Waals surface area contributed by atoms with E-state index in [1.807, 2.05) is 0 Å². The Labute approximate surface area is 147 Å². The summed E-state index contributed by atoms with van der Waals surface area (Å²) in [6.45, 7) is 8.89. The van der Waals surface area contributed by atoms with Crippen LogP contribution in [0.15, 0.2) is 37.4 Å². The molecule has 134 valence electrons. The van der Waals surface area contributed by atoms with Crippen molar-refractivity contribution in [1.82, 2.24) is 9.13 Å². The van der Waals surface area contributed by atoms with E-state index in [2.05, 4.69) is 69.6 Å². The molecule has 0 saturated heterocycles. The maximum atomic E-state index is 2.32. The van der Waals surface area contributed by atoms with Crippen LogP contribution in [0.4, 0.5) is 0 Å². The molecular formula is C20H36N4+2. The second-order valence-electron chi connectivity index (χ2n) is 6.90. The second kappa shape index (κ2) is 11.1. The summed E-state index contributed by atoms with van der Waals surface area (Å²) < 4.78 is 9.23. The molecule has 0 radical (unpaired) electrons. The number of nitrogens with zero attached hydrogens (tertiary/aromatic N) is 4. The van der Waals surface area contributed by atoms with Crippen molar-refractivity contribution in [2.45, 2.75) is 91.4 Å². The Morgan fingerprint density at radius 1 is 0.625 bits per heavy atom. The van der Waals surface area contributed by atoms with Gasteiger partial charge >= 0.3 is 0 Å². The Kier molecular flexibility index (Phi) is 8.64. The molecule has 0 fully saturated rings. The van der Waals surface area contributed by atoms with Crippen LogP contribution >= 0.6 is 0 Å². The predicted octanol–water partition coefficient (Wildman–Crippen LogP) is 3.73. The maximum absolute atomic E-state index is 2.32. The van der Waals surface area contributed by atoms with Gasteiger partial charge in [0.05, 0.1) is 13.1 Å². The molecular weight excluding hydrogens is 296 g/mol. The number of imidazole rings is 2.